The van der Waals surface area contributed by atoms with Crippen LogP contribution in [0.3, 0.4) is 0 Å². The largest absolute Gasteiger partial charge is 0.298 e. The maximum absolute atomic E-state index is 13.4. The molecule has 6 rings (SSSR count). The van der Waals surface area contributed by atoms with Crippen molar-refractivity contribution >= 4 is 55.7 Å². The van der Waals surface area contributed by atoms with Crippen molar-refractivity contribution in [3.05, 3.63) is 113 Å². The van der Waals surface area contributed by atoms with Crippen molar-refractivity contribution in [2.45, 2.75) is 0 Å². The summed E-state index contributed by atoms with van der Waals surface area (Å²) in [6.45, 7) is 0. The SMILES string of the molecule is O=C(Nc1nc(-c2cccc3ccccc23)cs1)c1cc(-c2ccccc2Cl)nc2ccccc12. The summed E-state index contributed by atoms with van der Waals surface area (Å²) in [4.78, 5) is 22.9. The molecule has 0 fully saturated rings. The molecule has 0 radical (unpaired) electrons. The quantitative estimate of drug-likeness (QED) is 0.271. The monoisotopic (exact) mass is 491 g/mol. The van der Waals surface area contributed by atoms with Crippen molar-refractivity contribution < 1.29 is 4.79 Å². The third-order valence-corrected chi connectivity index (χ3v) is 6.99. The number of pyridine rings is 1. The highest BCUT2D eigenvalue weighted by atomic mass is 35.5. The Labute approximate surface area is 210 Å². The summed E-state index contributed by atoms with van der Waals surface area (Å²) in [6.07, 6.45) is 0. The van der Waals surface area contributed by atoms with E-state index in [0.717, 1.165) is 38.5 Å². The van der Waals surface area contributed by atoms with Gasteiger partial charge in [0.1, 0.15) is 0 Å². The molecule has 1 amide bonds. The molecule has 4 aromatic carbocycles. The van der Waals surface area contributed by atoms with Crippen LogP contribution in [-0.4, -0.2) is 15.9 Å². The molecule has 0 atom stereocenters. The molecule has 0 saturated heterocycles. The van der Waals surface area contributed by atoms with Crippen molar-refractivity contribution in [2.75, 3.05) is 5.32 Å². The first kappa shape index (κ1) is 21.5. The van der Waals surface area contributed by atoms with Crippen LogP contribution in [0, 0.1) is 0 Å². The molecule has 0 bridgehead atoms. The van der Waals surface area contributed by atoms with E-state index >= 15 is 0 Å². The summed E-state index contributed by atoms with van der Waals surface area (Å²) in [7, 11) is 0. The molecule has 0 saturated carbocycles. The van der Waals surface area contributed by atoms with Gasteiger partial charge in [-0.1, -0.05) is 90.5 Å². The molecular formula is C29H18ClN3OS. The van der Waals surface area contributed by atoms with E-state index < -0.39 is 0 Å². The maximum Gasteiger partial charge on any atom is 0.258 e. The standard InChI is InChI=1S/C29H18ClN3OS/c30-24-14-5-3-12-22(24)26-16-23(21-11-4-6-15-25(21)31-26)28(34)33-29-32-27(17-35-29)20-13-7-9-18-8-1-2-10-19(18)20/h1-17H,(H,32,33,34). The Morgan fingerprint density at radius 1 is 0.743 bits per heavy atom. The van der Waals surface area contributed by atoms with Crippen LogP contribution in [0.1, 0.15) is 10.4 Å². The molecule has 4 nitrogen and oxygen atoms in total. The number of benzene rings is 4. The number of nitrogens with zero attached hydrogens (tertiary/aromatic N) is 2. The Kier molecular flexibility index (Phi) is 5.49. The normalized spacial score (nSPS) is 11.1. The van der Waals surface area contributed by atoms with Gasteiger partial charge in [-0.3, -0.25) is 10.1 Å². The van der Waals surface area contributed by atoms with E-state index in [0.29, 0.717) is 21.4 Å². The Balaban J connectivity index is 1.37. The van der Waals surface area contributed by atoms with Gasteiger partial charge in [0.15, 0.2) is 5.13 Å². The minimum Gasteiger partial charge on any atom is -0.298 e. The number of amides is 1. The molecule has 0 unspecified atom stereocenters. The van der Waals surface area contributed by atoms with Gasteiger partial charge in [-0.2, -0.15) is 0 Å². The van der Waals surface area contributed by atoms with E-state index in [9.17, 15) is 4.79 Å². The van der Waals surface area contributed by atoms with Crippen molar-refractivity contribution in [3.8, 4) is 22.5 Å². The lowest BCUT2D eigenvalue weighted by Gasteiger charge is -2.10. The smallest absolute Gasteiger partial charge is 0.258 e. The first-order chi connectivity index (χ1) is 17.2. The van der Waals surface area contributed by atoms with Crippen LogP contribution in [0.25, 0.3) is 44.2 Å². The lowest BCUT2D eigenvalue weighted by Crippen LogP contribution is -2.13. The van der Waals surface area contributed by atoms with Gasteiger partial charge in [0.2, 0.25) is 0 Å². The summed E-state index contributed by atoms with van der Waals surface area (Å²) < 4.78 is 0. The van der Waals surface area contributed by atoms with Crippen LogP contribution in [-0.2, 0) is 0 Å². The van der Waals surface area contributed by atoms with Crippen molar-refractivity contribution in [1.82, 2.24) is 9.97 Å². The summed E-state index contributed by atoms with van der Waals surface area (Å²) in [5.41, 5.74) is 4.54. The highest BCUT2D eigenvalue weighted by Gasteiger charge is 2.17. The van der Waals surface area contributed by atoms with Crippen LogP contribution in [0.2, 0.25) is 5.02 Å². The van der Waals surface area contributed by atoms with Crippen LogP contribution in [0.15, 0.2) is 102 Å². The topological polar surface area (TPSA) is 54.9 Å². The van der Waals surface area contributed by atoms with Crippen LogP contribution >= 0.6 is 22.9 Å². The van der Waals surface area contributed by atoms with Crippen LogP contribution in [0.4, 0.5) is 5.13 Å². The van der Waals surface area contributed by atoms with Crippen molar-refractivity contribution in [1.29, 1.82) is 0 Å². The van der Waals surface area contributed by atoms with E-state index in [1.54, 1.807) is 6.07 Å². The number of nitrogens with one attached hydrogen (secondary N) is 1. The third kappa shape index (κ3) is 4.05. The fourth-order valence-electron chi connectivity index (χ4n) is 4.24. The van der Waals surface area contributed by atoms with Gasteiger partial charge in [-0.25, -0.2) is 9.97 Å². The van der Waals surface area contributed by atoms with Gasteiger partial charge in [-0.05, 0) is 29.0 Å². The van der Waals surface area contributed by atoms with Crippen LogP contribution in [0.5, 0.6) is 0 Å². The summed E-state index contributed by atoms with van der Waals surface area (Å²) in [6, 6.07) is 31.3. The van der Waals surface area contributed by atoms with E-state index in [1.807, 2.05) is 72.1 Å². The van der Waals surface area contributed by atoms with E-state index in [-0.39, 0.29) is 5.91 Å². The first-order valence-corrected chi connectivity index (χ1v) is 12.3. The van der Waals surface area contributed by atoms with Gasteiger partial charge in [0.25, 0.3) is 5.91 Å². The fourth-order valence-corrected chi connectivity index (χ4v) is 5.18. The number of aromatic nitrogens is 2. The van der Waals surface area contributed by atoms with Crippen molar-refractivity contribution in [2.24, 2.45) is 0 Å². The number of anilines is 1. The number of carbonyl (C=O) groups is 1. The molecule has 2 heterocycles. The lowest BCUT2D eigenvalue weighted by molar-refractivity contribution is 0.102. The second-order valence-electron chi connectivity index (χ2n) is 8.07. The van der Waals surface area contributed by atoms with Crippen LogP contribution < -0.4 is 5.32 Å². The molecule has 2 aromatic heterocycles. The minimum atomic E-state index is -0.240. The molecule has 35 heavy (non-hydrogen) atoms. The fraction of sp³-hybridized carbons (Fsp3) is 0. The van der Waals surface area contributed by atoms with Gasteiger partial charge in [0.05, 0.1) is 22.5 Å². The first-order valence-electron chi connectivity index (χ1n) is 11.1. The molecule has 0 aliphatic rings. The van der Waals surface area contributed by atoms with Crippen molar-refractivity contribution in [3.63, 3.8) is 0 Å². The van der Waals surface area contributed by atoms with E-state index in [2.05, 4.69) is 29.6 Å². The number of halogens is 1. The molecule has 0 aliphatic carbocycles. The number of carbonyl (C=O) groups excluding carboxylic acids is 1. The zero-order valence-corrected chi connectivity index (χ0v) is 20.0. The molecule has 1 N–H and O–H groups in total. The summed E-state index contributed by atoms with van der Waals surface area (Å²) in [5, 5.41) is 9.13. The predicted octanol–water partition coefficient (Wildman–Crippen LogP) is 8.08. The second kappa shape index (κ2) is 8.95. The average Bonchev–Trinajstić information content (AvgIpc) is 3.36. The maximum atomic E-state index is 13.4. The lowest BCUT2D eigenvalue weighted by atomic mass is 10.0. The van der Waals surface area contributed by atoms with Gasteiger partial charge in [0, 0.05) is 26.9 Å². The molecule has 0 aliphatic heterocycles. The Morgan fingerprint density at radius 3 is 2.34 bits per heavy atom. The molecule has 6 heteroatoms. The highest BCUT2D eigenvalue weighted by Crippen LogP contribution is 2.33. The Bertz CT molecular complexity index is 1720. The molecule has 6 aromatic rings. The second-order valence-corrected chi connectivity index (χ2v) is 9.34. The number of fused-ring (bicyclic) bond motifs is 2. The highest BCUT2D eigenvalue weighted by molar-refractivity contribution is 7.14. The number of hydrogen-bond donors (Lipinski definition) is 1. The predicted molar refractivity (Wildman–Crippen MR) is 145 cm³/mol. The van der Waals surface area contributed by atoms with E-state index in [4.69, 9.17) is 21.6 Å². The van der Waals surface area contributed by atoms with Gasteiger partial charge < -0.3 is 0 Å². The zero-order chi connectivity index (χ0) is 23.8. The number of para-hydroxylation sites is 1. The number of thiazole rings is 1. The minimum absolute atomic E-state index is 0.240. The molecular weight excluding hydrogens is 474 g/mol. The Hall–Kier alpha value is -4.06. The molecule has 0 spiro atoms. The van der Waals surface area contributed by atoms with Gasteiger partial charge in [-0.15, -0.1) is 11.3 Å². The Morgan fingerprint density at radius 2 is 1.46 bits per heavy atom. The average molecular weight is 492 g/mol. The van der Waals surface area contributed by atoms with E-state index in [1.165, 1.54) is 11.3 Å². The number of rotatable bonds is 4. The third-order valence-electron chi connectivity index (χ3n) is 5.90. The summed E-state index contributed by atoms with van der Waals surface area (Å²) >= 11 is 7.83. The number of hydrogen-bond acceptors (Lipinski definition) is 4. The molecule has 168 valence electrons. The zero-order valence-electron chi connectivity index (χ0n) is 18.4. The summed E-state index contributed by atoms with van der Waals surface area (Å²) in [5.74, 6) is -0.240. The van der Waals surface area contributed by atoms with Gasteiger partial charge >= 0.3 is 0 Å².